The highest BCUT2D eigenvalue weighted by molar-refractivity contribution is 5.75. The third-order valence-electron chi connectivity index (χ3n) is 12.9. The maximum Gasteiger partial charge on any atom is 0.132 e. The molecule has 1 aromatic heterocycles. The van der Waals surface area contributed by atoms with Crippen molar-refractivity contribution in [2.45, 2.75) is 56.0 Å². The summed E-state index contributed by atoms with van der Waals surface area (Å²) in [4.78, 5) is 0. The van der Waals surface area contributed by atoms with Crippen molar-refractivity contribution in [2.75, 3.05) is 0 Å². The van der Waals surface area contributed by atoms with Crippen LogP contribution in [0.4, 0.5) is 0 Å². The molecule has 4 heteroatoms. The van der Waals surface area contributed by atoms with E-state index in [4.69, 9.17) is 18.6 Å². The number of benzene rings is 3. The first-order chi connectivity index (χ1) is 26.3. The van der Waals surface area contributed by atoms with Gasteiger partial charge in [0.1, 0.15) is 46.4 Å². The molecule has 1 spiro atoms. The normalized spacial score (nSPS) is 27.7. The second-order valence-electron chi connectivity index (χ2n) is 15.5. The molecule has 3 aliphatic heterocycles. The second-order valence-corrected chi connectivity index (χ2v) is 15.5. The molecular weight excluding hydrogens is 653 g/mol. The molecule has 5 unspecified atom stereocenters. The molecule has 5 aliphatic carbocycles. The molecule has 0 radical (unpaired) electrons. The van der Waals surface area contributed by atoms with Crippen molar-refractivity contribution in [1.29, 1.82) is 0 Å². The Morgan fingerprint density at radius 2 is 1.49 bits per heavy atom. The van der Waals surface area contributed by atoms with E-state index in [1.165, 1.54) is 33.4 Å². The monoisotopic (exact) mass is 690 g/mol. The molecule has 53 heavy (non-hydrogen) atoms. The van der Waals surface area contributed by atoms with E-state index in [2.05, 4.69) is 134 Å². The predicted molar refractivity (Wildman–Crippen MR) is 207 cm³/mol. The van der Waals surface area contributed by atoms with Crippen molar-refractivity contribution in [3.8, 4) is 17.2 Å². The zero-order valence-electron chi connectivity index (χ0n) is 29.4. The summed E-state index contributed by atoms with van der Waals surface area (Å²) >= 11 is 0. The van der Waals surface area contributed by atoms with Crippen LogP contribution in [0.15, 0.2) is 154 Å². The van der Waals surface area contributed by atoms with Crippen molar-refractivity contribution < 1.29 is 18.6 Å². The minimum atomic E-state index is -0.602. The van der Waals surface area contributed by atoms with E-state index in [-0.39, 0.29) is 23.9 Å². The Hall–Kier alpha value is -5.74. The minimum Gasteiger partial charge on any atom is -0.485 e. The van der Waals surface area contributed by atoms with Crippen LogP contribution in [0.5, 0.6) is 17.2 Å². The van der Waals surface area contributed by atoms with E-state index >= 15 is 0 Å². The number of fused-ring (bicyclic) bond motifs is 12. The van der Waals surface area contributed by atoms with E-state index in [1.807, 2.05) is 0 Å². The minimum absolute atomic E-state index is 0.0639. The number of furan rings is 1. The summed E-state index contributed by atoms with van der Waals surface area (Å²) in [5, 5.41) is 0. The number of allylic oxidation sites excluding steroid dienone is 10. The maximum absolute atomic E-state index is 7.00. The van der Waals surface area contributed by atoms with Gasteiger partial charge < -0.3 is 18.6 Å². The Kier molecular flexibility index (Phi) is 6.26. The molecule has 0 N–H and O–H groups in total. The molecule has 12 rings (SSSR count). The van der Waals surface area contributed by atoms with Crippen molar-refractivity contribution >= 4 is 12.2 Å². The fourth-order valence-corrected chi connectivity index (χ4v) is 10.7. The molecular formula is C49H38O4. The summed E-state index contributed by atoms with van der Waals surface area (Å²) in [5.41, 5.74) is 10.9. The van der Waals surface area contributed by atoms with Crippen LogP contribution in [0.1, 0.15) is 82.9 Å². The fraction of sp³-hybridized carbons (Fsp3) is 0.224. The molecule has 4 heterocycles. The molecule has 0 bridgehead atoms. The van der Waals surface area contributed by atoms with Gasteiger partial charge in [-0.3, -0.25) is 0 Å². The van der Waals surface area contributed by atoms with Gasteiger partial charge in [-0.2, -0.15) is 0 Å². The van der Waals surface area contributed by atoms with Crippen LogP contribution in [0, 0.1) is 11.8 Å². The predicted octanol–water partition coefficient (Wildman–Crippen LogP) is 11.6. The first-order valence-corrected chi connectivity index (χ1v) is 19.3. The van der Waals surface area contributed by atoms with E-state index in [0.717, 1.165) is 95.5 Å². The van der Waals surface area contributed by atoms with Crippen molar-refractivity contribution in [3.63, 3.8) is 0 Å². The van der Waals surface area contributed by atoms with Gasteiger partial charge >= 0.3 is 0 Å². The fourth-order valence-electron chi connectivity index (χ4n) is 10.7. The molecule has 8 aliphatic rings. The number of hydrogen-bond acceptors (Lipinski definition) is 4. The Morgan fingerprint density at radius 1 is 0.698 bits per heavy atom. The van der Waals surface area contributed by atoms with Gasteiger partial charge in [-0.25, -0.2) is 0 Å². The third-order valence-corrected chi connectivity index (χ3v) is 12.9. The molecule has 4 aromatic rings. The standard InChI is InChI=1S/C49H38O4/c1-5-17-39-33(11-1)47-31(13-9-21-43(47)50-39)29-23-25-37-45(27-29)52-41-19-7-3-15-35(41)49(37)36-16-4-8-20-42(36)53-46-28-30(24-26-38(46)49)32-14-10-22-44-48(32)34-12-2-6-18-40(34)51-44/h3-10,13,15-26,28-29,32,43,47H,1-2,11-12,14,27H2. The lowest BCUT2D eigenvalue weighted by atomic mass is 9.60. The van der Waals surface area contributed by atoms with Gasteiger partial charge in [-0.15, -0.1) is 0 Å². The molecule has 258 valence electrons. The van der Waals surface area contributed by atoms with E-state index in [9.17, 15) is 0 Å². The average molecular weight is 691 g/mol. The van der Waals surface area contributed by atoms with Gasteiger partial charge in [-0.05, 0) is 85.7 Å². The average Bonchev–Trinajstić information content (AvgIpc) is 3.79. The highest BCUT2D eigenvalue weighted by atomic mass is 16.5. The molecule has 0 saturated heterocycles. The van der Waals surface area contributed by atoms with E-state index in [0.29, 0.717) is 0 Å². The second kappa shape index (κ2) is 11.1. The van der Waals surface area contributed by atoms with Crippen molar-refractivity contribution in [2.24, 2.45) is 11.8 Å². The molecule has 0 fully saturated rings. The van der Waals surface area contributed by atoms with Crippen LogP contribution in [-0.2, 0) is 16.6 Å². The lowest BCUT2D eigenvalue weighted by Crippen LogP contribution is -2.40. The summed E-state index contributed by atoms with van der Waals surface area (Å²) in [5.74, 6) is 7.52. The van der Waals surface area contributed by atoms with Crippen LogP contribution in [0.3, 0.4) is 0 Å². The van der Waals surface area contributed by atoms with Crippen LogP contribution in [0.2, 0.25) is 0 Å². The largest absolute Gasteiger partial charge is 0.485 e. The Morgan fingerprint density at radius 3 is 2.40 bits per heavy atom. The van der Waals surface area contributed by atoms with Crippen LogP contribution in [0.25, 0.3) is 12.2 Å². The lowest BCUT2D eigenvalue weighted by Gasteiger charge is -2.47. The zero-order valence-corrected chi connectivity index (χ0v) is 29.4. The summed E-state index contributed by atoms with van der Waals surface area (Å²) in [6.07, 6.45) is 30.8. The third kappa shape index (κ3) is 4.12. The Bertz CT molecular complexity index is 2530. The van der Waals surface area contributed by atoms with Gasteiger partial charge in [0.25, 0.3) is 0 Å². The summed E-state index contributed by atoms with van der Waals surface area (Å²) < 4.78 is 26.8. The van der Waals surface area contributed by atoms with Crippen LogP contribution >= 0.6 is 0 Å². The quantitative estimate of drug-likeness (QED) is 0.210. The smallest absolute Gasteiger partial charge is 0.132 e. The topological polar surface area (TPSA) is 40.8 Å². The van der Waals surface area contributed by atoms with Gasteiger partial charge in [-0.1, -0.05) is 96.6 Å². The Balaban J connectivity index is 1.01. The van der Waals surface area contributed by atoms with Gasteiger partial charge in [0.2, 0.25) is 0 Å². The molecule has 3 aromatic carbocycles. The summed E-state index contributed by atoms with van der Waals surface area (Å²) in [6.45, 7) is 0. The highest BCUT2D eigenvalue weighted by Gasteiger charge is 2.52. The maximum atomic E-state index is 7.00. The number of para-hydroxylation sites is 2. The number of rotatable bonds is 2. The molecule has 5 atom stereocenters. The molecule has 0 amide bonds. The summed E-state index contributed by atoms with van der Waals surface area (Å²) in [6, 6.07) is 24.3. The zero-order chi connectivity index (χ0) is 34.7. The summed E-state index contributed by atoms with van der Waals surface area (Å²) in [7, 11) is 0. The molecule has 4 nitrogen and oxygen atoms in total. The van der Waals surface area contributed by atoms with Gasteiger partial charge in [0, 0.05) is 57.6 Å². The highest BCUT2D eigenvalue weighted by Crippen LogP contribution is 2.62. The Labute approximate surface area is 309 Å². The van der Waals surface area contributed by atoms with Gasteiger partial charge in [0.05, 0.1) is 5.41 Å². The number of hydrogen-bond donors (Lipinski definition) is 0. The lowest BCUT2D eigenvalue weighted by molar-refractivity contribution is 0.167. The first kappa shape index (κ1) is 29.8. The van der Waals surface area contributed by atoms with Gasteiger partial charge in [0.15, 0.2) is 0 Å². The van der Waals surface area contributed by atoms with E-state index < -0.39 is 5.41 Å². The molecule has 0 saturated carbocycles. The first-order valence-electron chi connectivity index (χ1n) is 19.3. The van der Waals surface area contributed by atoms with Crippen molar-refractivity contribution in [3.05, 3.63) is 195 Å². The van der Waals surface area contributed by atoms with E-state index in [1.54, 1.807) is 0 Å². The number of ether oxygens (including phenoxy) is 3. The van der Waals surface area contributed by atoms with Crippen LogP contribution in [-0.4, -0.2) is 6.10 Å². The SMILES string of the molecule is C1=CC2OC3=C(CCC=C3)C2C(C2C=CC3=C(C2)Oc2ccccc2C32c3ccccc3Oc3cc(C4CC=Cc5oc6c(c54)CCC=C6)ccc32)=C1. The van der Waals surface area contributed by atoms with Crippen molar-refractivity contribution in [1.82, 2.24) is 0 Å². The van der Waals surface area contributed by atoms with Crippen LogP contribution < -0.4 is 9.47 Å².